The van der Waals surface area contributed by atoms with Crippen molar-refractivity contribution in [1.82, 2.24) is 15.5 Å². The fourth-order valence-electron chi connectivity index (χ4n) is 3.36. The van der Waals surface area contributed by atoms with Crippen LogP contribution >= 0.6 is 0 Å². The zero-order valence-corrected chi connectivity index (χ0v) is 16.6. The monoisotopic (exact) mass is 381 g/mol. The van der Waals surface area contributed by atoms with Gasteiger partial charge in [0.05, 0.1) is 5.75 Å². The molecule has 2 N–H and O–H groups in total. The SMILES string of the molecule is CCC1(CNC(=O)NCCS(C)(=O)=O)CCN(Cc2ccccc2)CC1. The van der Waals surface area contributed by atoms with Gasteiger partial charge in [-0.3, -0.25) is 4.90 Å². The number of likely N-dealkylation sites (tertiary alicyclic amines) is 1. The number of rotatable bonds is 8. The first-order valence-corrected chi connectivity index (χ1v) is 11.3. The van der Waals surface area contributed by atoms with Gasteiger partial charge >= 0.3 is 6.03 Å². The Labute approximate surface area is 157 Å². The van der Waals surface area contributed by atoms with E-state index in [1.165, 1.54) is 11.8 Å². The molecule has 0 aliphatic carbocycles. The number of hydrogen-bond acceptors (Lipinski definition) is 4. The van der Waals surface area contributed by atoms with Gasteiger partial charge in [0.1, 0.15) is 9.84 Å². The predicted molar refractivity (Wildman–Crippen MR) is 105 cm³/mol. The molecule has 0 spiro atoms. The van der Waals surface area contributed by atoms with Crippen LogP contribution in [0.15, 0.2) is 30.3 Å². The van der Waals surface area contributed by atoms with Crippen molar-refractivity contribution in [2.75, 3.05) is 38.2 Å². The van der Waals surface area contributed by atoms with Crippen LogP contribution < -0.4 is 10.6 Å². The molecule has 7 heteroatoms. The van der Waals surface area contributed by atoms with E-state index in [0.717, 1.165) is 38.9 Å². The molecular formula is C19H31N3O3S. The van der Waals surface area contributed by atoms with Crippen LogP contribution in [0, 0.1) is 5.41 Å². The Bertz CT molecular complexity index is 669. The van der Waals surface area contributed by atoms with Gasteiger partial charge in [-0.05, 0) is 43.3 Å². The first-order valence-electron chi connectivity index (χ1n) is 9.28. The maximum absolute atomic E-state index is 11.9. The van der Waals surface area contributed by atoms with Crippen LogP contribution in [-0.4, -0.2) is 57.5 Å². The zero-order chi connectivity index (χ0) is 19.0. The third-order valence-electron chi connectivity index (χ3n) is 5.30. The van der Waals surface area contributed by atoms with Crippen LogP contribution in [0.5, 0.6) is 0 Å². The maximum atomic E-state index is 11.9. The topological polar surface area (TPSA) is 78.5 Å². The van der Waals surface area contributed by atoms with Crippen molar-refractivity contribution in [3.63, 3.8) is 0 Å². The fourth-order valence-corrected chi connectivity index (χ4v) is 3.84. The summed E-state index contributed by atoms with van der Waals surface area (Å²) in [5.74, 6) is -0.0339. The molecule has 2 rings (SSSR count). The van der Waals surface area contributed by atoms with E-state index in [4.69, 9.17) is 0 Å². The lowest BCUT2D eigenvalue weighted by molar-refractivity contribution is 0.0949. The summed E-state index contributed by atoms with van der Waals surface area (Å²) in [6.45, 7) is 5.98. The molecule has 0 radical (unpaired) electrons. The number of hydrogen-bond donors (Lipinski definition) is 2. The Morgan fingerprint density at radius 1 is 1.15 bits per heavy atom. The van der Waals surface area contributed by atoms with E-state index in [2.05, 4.69) is 46.7 Å². The molecule has 0 aromatic heterocycles. The normalized spacial score (nSPS) is 17.6. The van der Waals surface area contributed by atoms with Crippen LogP contribution in [0.1, 0.15) is 31.7 Å². The van der Waals surface area contributed by atoms with E-state index in [1.54, 1.807) is 0 Å². The van der Waals surface area contributed by atoms with Crippen molar-refractivity contribution < 1.29 is 13.2 Å². The van der Waals surface area contributed by atoms with Gasteiger partial charge < -0.3 is 10.6 Å². The molecule has 0 atom stereocenters. The average molecular weight is 382 g/mol. The molecule has 1 heterocycles. The lowest BCUT2D eigenvalue weighted by atomic mass is 9.76. The molecule has 2 amide bonds. The second-order valence-electron chi connectivity index (χ2n) is 7.35. The Balaban J connectivity index is 1.75. The quantitative estimate of drug-likeness (QED) is 0.722. The van der Waals surface area contributed by atoms with Gasteiger partial charge in [0.15, 0.2) is 0 Å². The summed E-state index contributed by atoms with van der Waals surface area (Å²) in [7, 11) is -3.05. The van der Waals surface area contributed by atoms with Crippen molar-refractivity contribution in [3.05, 3.63) is 35.9 Å². The third kappa shape index (κ3) is 6.96. The van der Waals surface area contributed by atoms with Gasteiger partial charge in [-0.25, -0.2) is 13.2 Å². The van der Waals surface area contributed by atoms with Crippen molar-refractivity contribution in [1.29, 1.82) is 0 Å². The minimum atomic E-state index is -3.05. The molecule has 6 nitrogen and oxygen atoms in total. The largest absolute Gasteiger partial charge is 0.338 e. The number of benzene rings is 1. The lowest BCUT2D eigenvalue weighted by Crippen LogP contribution is -2.48. The second-order valence-corrected chi connectivity index (χ2v) is 9.61. The summed E-state index contributed by atoms with van der Waals surface area (Å²) < 4.78 is 22.2. The molecule has 1 aromatic carbocycles. The maximum Gasteiger partial charge on any atom is 0.314 e. The summed E-state index contributed by atoms with van der Waals surface area (Å²) >= 11 is 0. The molecule has 146 valence electrons. The number of nitrogens with one attached hydrogen (secondary N) is 2. The molecule has 0 bridgehead atoms. The fraction of sp³-hybridized carbons (Fsp3) is 0.632. The number of nitrogens with zero attached hydrogens (tertiary/aromatic N) is 1. The number of piperidine rings is 1. The van der Waals surface area contributed by atoms with Crippen molar-refractivity contribution in [2.45, 2.75) is 32.7 Å². The van der Waals surface area contributed by atoms with Crippen LogP contribution in [-0.2, 0) is 16.4 Å². The van der Waals surface area contributed by atoms with Crippen molar-refractivity contribution >= 4 is 15.9 Å². The van der Waals surface area contributed by atoms with Gasteiger partial charge in [-0.1, -0.05) is 37.3 Å². The number of urea groups is 1. The van der Waals surface area contributed by atoms with E-state index in [-0.39, 0.29) is 23.7 Å². The highest BCUT2D eigenvalue weighted by Gasteiger charge is 2.33. The first-order chi connectivity index (χ1) is 12.3. The molecule has 1 aromatic rings. The number of sulfone groups is 1. The standard InChI is InChI=1S/C19H31N3O3S/c1-3-19(16-21-18(23)20-11-14-26(2,24)25)9-12-22(13-10-19)15-17-7-5-4-6-8-17/h4-8H,3,9-16H2,1-2H3,(H2,20,21,23). The van der Waals surface area contributed by atoms with E-state index >= 15 is 0 Å². The summed E-state index contributed by atoms with van der Waals surface area (Å²) in [6.07, 6.45) is 4.30. The second kappa shape index (κ2) is 9.37. The minimum absolute atomic E-state index is 0.0339. The van der Waals surface area contributed by atoms with E-state index in [9.17, 15) is 13.2 Å². The summed E-state index contributed by atoms with van der Waals surface area (Å²) in [5.41, 5.74) is 1.46. The number of amides is 2. The molecule has 0 unspecified atom stereocenters. The number of carbonyl (C=O) groups excluding carboxylic acids is 1. The Morgan fingerprint density at radius 2 is 1.81 bits per heavy atom. The van der Waals surface area contributed by atoms with Gasteiger partial charge in [-0.2, -0.15) is 0 Å². The molecule has 1 aliphatic heterocycles. The van der Waals surface area contributed by atoms with E-state index < -0.39 is 9.84 Å². The Kier molecular flexibility index (Phi) is 7.46. The average Bonchev–Trinajstić information content (AvgIpc) is 2.61. The first kappa shape index (κ1) is 20.7. The molecule has 1 aliphatic rings. The molecule has 1 saturated heterocycles. The van der Waals surface area contributed by atoms with E-state index in [0.29, 0.717) is 6.54 Å². The van der Waals surface area contributed by atoms with Crippen molar-refractivity contribution in [2.24, 2.45) is 5.41 Å². The van der Waals surface area contributed by atoms with Crippen LogP contribution in [0.4, 0.5) is 4.79 Å². The van der Waals surface area contributed by atoms with Gasteiger partial charge in [0, 0.05) is 25.9 Å². The highest BCUT2D eigenvalue weighted by Crippen LogP contribution is 2.34. The van der Waals surface area contributed by atoms with Gasteiger partial charge in [-0.15, -0.1) is 0 Å². The molecule has 1 fully saturated rings. The van der Waals surface area contributed by atoms with E-state index in [1.807, 2.05) is 6.07 Å². The number of carbonyl (C=O) groups is 1. The summed E-state index contributed by atoms with van der Waals surface area (Å²) in [4.78, 5) is 14.4. The molecule has 26 heavy (non-hydrogen) atoms. The molecular weight excluding hydrogens is 350 g/mol. The van der Waals surface area contributed by atoms with Gasteiger partial charge in [0.25, 0.3) is 0 Å². The Hall–Kier alpha value is -1.60. The highest BCUT2D eigenvalue weighted by molar-refractivity contribution is 7.90. The minimum Gasteiger partial charge on any atom is -0.338 e. The molecule has 0 saturated carbocycles. The zero-order valence-electron chi connectivity index (χ0n) is 15.8. The summed E-state index contributed by atoms with van der Waals surface area (Å²) in [6, 6.07) is 10.2. The smallest absolute Gasteiger partial charge is 0.314 e. The summed E-state index contributed by atoms with van der Waals surface area (Å²) in [5, 5.41) is 5.55. The van der Waals surface area contributed by atoms with Gasteiger partial charge in [0.2, 0.25) is 0 Å². The highest BCUT2D eigenvalue weighted by atomic mass is 32.2. The van der Waals surface area contributed by atoms with Crippen LogP contribution in [0.2, 0.25) is 0 Å². The van der Waals surface area contributed by atoms with Crippen molar-refractivity contribution in [3.8, 4) is 0 Å². The van der Waals surface area contributed by atoms with Crippen LogP contribution in [0.25, 0.3) is 0 Å². The lowest BCUT2D eigenvalue weighted by Gasteiger charge is -2.41. The van der Waals surface area contributed by atoms with Crippen LogP contribution in [0.3, 0.4) is 0 Å². The Morgan fingerprint density at radius 3 is 2.38 bits per heavy atom. The predicted octanol–water partition coefficient (Wildman–Crippen LogP) is 2.02. The third-order valence-corrected chi connectivity index (χ3v) is 6.24.